The lowest BCUT2D eigenvalue weighted by Crippen LogP contribution is -2.25. The van der Waals surface area contributed by atoms with E-state index in [1.807, 2.05) is 0 Å². The number of hydrogen-bond donors (Lipinski definition) is 1. The molecule has 0 spiro atoms. The highest BCUT2D eigenvalue weighted by atomic mass is 35.5. The number of carbonyl (C=O) groups excluding carboxylic acids is 1. The molecule has 132 valence electrons. The normalized spacial score (nSPS) is 11.0. The van der Waals surface area contributed by atoms with E-state index in [2.05, 4.69) is 5.32 Å². The first-order valence-corrected chi connectivity index (χ1v) is 9.11. The number of benzene rings is 2. The topological polar surface area (TPSA) is 110 Å². The number of carbonyl (C=O) groups is 1. The van der Waals surface area contributed by atoms with Crippen LogP contribution in [-0.4, -0.2) is 32.6 Å². The third-order valence-electron chi connectivity index (χ3n) is 3.37. The minimum absolute atomic E-state index is 0.0428. The number of nitro benzene ring substituents is 1. The van der Waals surface area contributed by atoms with Crippen LogP contribution >= 0.6 is 11.6 Å². The van der Waals surface area contributed by atoms with Gasteiger partial charge in [-0.3, -0.25) is 19.2 Å². The zero-order chi connectivity index (χ0) is 18.8. The van der Waals surface area contributed by atoms with Gasteiger partial charge in [-0.05, 0) is 24.3 Å². The van der Waals surface area contributed by atoms with Crippen LogP contribution in [0.5, 0.6) is 0 Å². The summed E-state index contributed by atoms with van der Waals surface area (Å²) in [5, 5.41) is 13.4. The molecule has 0 aromatic heterocycles. The highest BCUT2D eigenvalue weighted by molar-refractivity contribution is 7.92. The maximum absolute atomic E-state index is 12.4. The lowest BCUT2D eigenvalue weighted by Gasteiger charge is -2.18. The monoisotopic (exact) mass is 383 g/mol. The van der Waals surface area contributed by atoms with Crippen molar-refractivity contribution >= 4 is 44.6 Å². The van der Waals surface area contributed by atoms with Gasteiger partial charge < -0.3 is 5.32 Å². The minimum Gasteiger partial charge on any atom is -0.322 e. The summed E-state index contributed by atoms with van der Waals surface area (Å²) in [5.74, 6) is -0.616. The summed E-state index contributed by atoms with van der Waals surface area (Å²) in [5.41, 5.74) is 0.351. The van der Waals surface area contributed by atoms with Crippen LogP contribution in [0.3, 0.4) is 0 Å². The van der Waals surface area contributed by atoms with Crippen molar-refractivity contribution in [1.82, 2.24) is 0 Å². The van der Waals surface area contributed by atoms with Crippen molar-refractivity contribution in [3.05, 3.63) is 63.2 Å². The molecule has 25 heavy (non-hydrogen) atoms. The maximum Gasteiger partial charge on any atom is 0.271 e. The van der Waals surface area contributed by atoms with E-state index in [4.69, 9.17) is 11.6 Å². The number of rotatable bonds is 5. The summed E-state index contributed by atoms with van der Waals surface area (Å²) in [6.45, 7) is 0. The molecule has 1 amide bonds. The fraction of sp³-hybridized carbons (Fsp3) is 0.133. The average Bonchev–Trinajstić information content (AvgIpc) is 2.54. The van der Waals surface area contributed by atoms with E-state index in [0.717, 1.165) is 10.6 Å². The van der Waals surface area contributed by atoms with E-state index in [1.165, 1.54) is 49.5 Å². The Hall–Kier alpha value is -2.65. The van der Waals surface area contributed by atoms with Gasteiger partial charge in [-0.2, -0.15) is 0 Å². The molecular formula is C15H14ClN3O5S. The van der Waals surface area contributed by atoms with Gasteiger partial charge in [-0.25, -0.2) is 8.42 Å². The molecule has 1 N–H and O–H groups in total. The second-order valence-electron chi connectivity index (χ2n) is 5.16. The summed E-state index contributed by atoms with van der Waals surface area (Å²) >= 11 is 6.02. The molecule has 8 nitrogen and oxygen atoms in total. The predicted molar refractivity (Wildman–Crippen MR) is 95.7 cm³/mol. The Morgan fingerprint density at radius 2 is 1.92 bits per heavy atom. The number of halogens is 1. The standard InChI is InChI=1S/C15H14ClN3O5S/c1-18(25(2,23)24)11-6-7-14(16)13(9-11)15(20)17-10-4-3-5-12(8-10)19(21)22/h3-9H,1-2H3,(H,17,20). The molecular weight excluding hydrogens is 370 g/mol. The van der Waals surface area contributed by atoms with Gasteiger partial charge in [0.1, 0.15) is 0 Å². The van der Waals surface area contributed by atoms with Gasteiger partial charge in [0.25, 0.3) is 11.6 Å². The molecule has 0 fully saturated rings. The van der Waals surface area contributed by atoms with Crippen LogP contribution < -0.4 is 9.62 Å². The Balaban J connectivity index is 2.33. The molecule has 2 aromatic rings. The van der Waals surface area contributed by atoms with Crippen LogP contribution in [-0.2, 0) is 10.0 Å². The lowest BCUT2D eigenvalue weighted by atomic mass is 10.1. The smallest absolute Gasteiger partial charge is 0.271 e. The van der Waals surface area contributed by atoms with Crippen LogP contribution in [0.25, 0.3) is 0 Å². The van der Waals surface area contributed by atoms with Crippen molar-refractivity contribution in [3.63, 3.8) is 0 Å². The highest BCUT2D eigenvalue weighted by Gasteiger charge is 2.17. The van der Waals surface area contributed by atoms with Gasteiger partial charge in [-0.15, -0.1) is 0 Å². The number of nitro groups is 1. The third kappa shape index (κ3) is 4.46. The van der Waals surface area contributed by atoms with E-state index in [-0.39, 0.29) is 27.6 Å². The largest absolute Gasteiger partial charge is 0.322 e. The molecule has 0 aliphatic carbocycles. The zero-order valence-corrected chi connectivity index (χ0v) is 14.8. The first-order valence-electron chi connectivity index (χ1n) is 6.89. The molecule has 0 unspecified atom stereocenters. The fourth-order valence-electron chi connectivity index (χ4n) is 1.97. The molecule has 2 rings (SSSR count). The quantitative estimate of drug-likeness (QED) is 0.630. The third-order valence-corrected chi connectivity index (χ3v) is 4.91. The van der Waals surface area contributed by atoms with Gasteiger partial charge in [0.15, 0.2) is 0 Å². The summed E-state index contributed by atoms with van der Waals surface area (Å²) in [7, 11) is -2.15. The van der Waals surface area contributed by atoms with Crippen molar-refractivity contribution in [1.29, 1.82) is 0 Å². The van der Waals surface area contributed by atoms with Gasteiger partial charge in [-0.1, -0.05) is 17.7 Å². The maximum atomic E-state index is 12.4. The molecule has 2 aromatic carbocycles. The van der Waals surface area contributed by atoms with Crippen LogP contribution in [0.2, 0.25) is 5.02 Å². The van der Waals surface area contributed by atoms with Crippen molar-refractivity contribution in [2.75, 3.05) is 22.9 Å². The number of sulfonamides is 1. The summed E-state index contributed by atoms with van der Waals surface area (Å²) < 4.78 is 24.2. The predicted octanol–water partition coefficient (Wildman–Crippen LogP) is 2.90. The van der Waals surface area contributed by atoms with Gasteiger partial charge >= 0.3 is 0 Å². The number of anilines is 2. The Morgan fingerprint density at radius 1 is 1.24 bits per heavy atom. The second-order valence-corrected chi connectivity index (χ2v) is 7.58. The molecule has 0 aliphatic heterocycles. The van der Waals surface area contributed by atoms with Crippen molar-refractivity contribution in [2.45, 2.75) is 0 Å². The Labute approximate surface area is 149 Å². The molecule has 0 saturated carbocycles. The first-order chi connectivity index (χ1) is 11.6. The fourth-order valence-corrected chi connectivity index (χ4v) is 2.67. The van der Waals surface area contributed by atoms with Crippen LogP contribution in [0.15, 0.2) is 42.5 Å². The average molecular weight is 384 g/mol. The van der Waals surface area contributed by atoms with E-state index < -0.39 is 20.9 Å². The highest BCUT2D eigenvalue weighted by Crippen LogP contribution is 2.25. The molecule has 10 heteroatoms. The molecule has 0 atom stereocenters. The Kier molecular flexibility index (Phi) is 5.29. The Bertz CT molecular complexity index is 946. The van der Waals surface area contributed by atoms with E-state index in [9.17, 15) is 23.3 Å². The first kappa shape index (κ1) is 18.7. The van der Waals surface area contributed by atoms with E-state index >= 15 is 0 Å². The van der Waals surface area contributed by atoms with E-state index in [1.54, 1.807) is 0 Å². The number of hydrogen-bond acceptors (Lipinski definition) is 5. The van der Waals surface area contributed by atoms with Crippen molar-refractivity contribution < 1.29 is 18.1 Å². The van der Waals surface area contributed by atoms with E-state index in [0.29, 0.717) is 0 Å². The SMILES string of the molecule is CN(c1ccc(Cl)c(C(=O)Nc2cccc([N+](=O)[O-])c2)c1)S(C)(=O)=O. The zero-order valence-electron chi connectivity index (χ0n) is 13.3. The number of amides is 1. The molecule has 0 bridgehead atoms. The molecule has 0 saturated heterocycles. The molecule has 0 radical (unpaired) electrons. The number of nitrogens with one attached hydrogen (secondary N) is 1. The van der Waals surface area contributed by atoms with Crippen LogP contribution in [0.4, 0.5) is 17.1 Å². The molecule has 0 heterocycles. The number of non-ortho nitro benzene ring substituents is 1. The lowest BCUT2D eigenvalue weighted by molar-refractivity contribution is -0.384. The Morgan fingerprint density at radius 3 is 2.52 bits per heavy atom. The van der Waals surface area contributed by atoms with Crippen molar-refractivity contribution in [3.8, 4) is 0 Å². The van der Waals surface area contributed by atoms with Gasteiger partial charge in [0.2, 0.25) is 10.0 Å². The second kappa shape index (κ2) is 7.08. The summed E-state index contributed by atoms with van der Waals surface area (Å²) in [6, 6.07) is 9.63. The van der Waals surface area contributed by atoms with Crippen molar-refractivity contribution in [2.24, 2.45) is 0 Å². The summed E-state index contributed by atoms with van der Waals surface area (Å²) in [4.78, 5) is 22.6. The minimum atomic E-state index is -3.50. The van der Waals surface area contributed by atoms with Gasteiger partial charge in [0, 0.05) is 24.9 Å². The molecule has 0 aliphatic rings. The van der Waals surface area contributed by atoms with Crippen LogP contribution in [0.1, 0.15) is 10.4 Å². The number of nitrogens with zero attached hydrogens (tertiary/aromatic N) is 2. The summed E-state index contributed by atoms with van der Waals surface area (Å²) in [6.07, 6.45) is 1.03. The van der Waals surface area contributed by atoms with Crippen LogP contribution in [0, 0.1) is 10.1 Å². The van der Waals surface area contributed by atoms with Gasteiger partial charge in [0.05, 0.1) is 27.5 Å².